The third-order valence-electron chi connectivity index (χ3n) is 16.4. The summed E-state index contributed by atoms with van der Waals surface area (Å²) in [6.45, 7) is 0. The molecule has 0 aliphatic carbocycles. The van der Waals surface area contributed by atoms with Gasteiger partial charge in [-0.15, -0.1) is 0 Å². The number of aromatic nitrogens is 6. The van der Waals surface area contributed by atoms with Crippen LogP contribution in [-0.2, 0) is 0 Å². The minimum atomic E-state index is 0.501. The van der Waals surface area contributed by atoms with Gasteiger partial charge in [-0.05, 0) is 154 Å². The summed E-state index contributed by atoms with van der Waals surface area (Å²) in [6.07, 6.45) is 3.79. The van der Waals surface area contributed by atoms with E-state index in [0.717, 1.165) is 127 Å². The van der Waals surface area contributed by atoms with Gasteiger partial charge in [0.1, 0.15) is 0 Å². The van der Waals surface area contributed by atoms with E-state index in [2.05, 4.69) is 130 Å². The molecule has 0 fully saturated rings. The first kappa shape index (κ1) is 52.0. The summed E-state index contributed by atoms with van der Waals surface area (Å²) < 4.78 is 4.65. The molecule has 10 heteroatoms. The number of nitriles is 4. The Hall–Kier alpha value is -12.9. The third-order valence-corrected chi connectivity index (χ3v) is 16.4. The lowest BCUT2D eigenvalue weighted by atomic mass is 9.99. The maximum atomic E-state index is 9.74. The van der Waals surface area contributed by atoms with Gasteiger partial charge >= 0.3 is 0 Å². The molecule has 10 nitrogen and oxygen atoms in total. The Morgan fingerprint density at radius 2 is 0.568 bits per heavy atom. The van der Waals surface area contributed by atoms with Gasteiger partial charge < -0.3 is 9.13 Å². The molecule has 0 saturated carbocycles. The quantitative estimate of drug-likeness (QED) is 0.131. The van der Waals surface area contributed by atoms with Crippen LogP contribution in [-0.4, -0.2) is 29.1 Å². The maximum absolute atomic E-state index is 9.74. The molecule has 15 aromatic rings. The van der Waals surface area contributed by atoms with Crippen LogP contribution in [0.15, 0.2) is 267 Å². The van der Waals surface area contributed by atoms with E-state index in [1.54, 1.807) is 0 Å². The van der Waals surface area contributed by atoms with Crippen molar-refractivity contribution in [3.05, 3.63) is 289 Å². The minimum absolute atomic E-state index is 0.501. The molecule has 0 saturated heterocycles. The zero-order valence-electron chi connectivity index (χ0n) is 46.9. The molecule has 4 heterocycles. The summed E-state index contributed by atoms with van der Waals surface area (Å²) >= 11 is 0. The van der Waals surface area contributed by atoms with Gasteiger partial charge in [0, 0.05) is 55.6 Å². The van der Waals surface area contributed by atoms with Crippen LogP contribution in [0.25, 0.3) is 145 Å². The number of hydrogen-bond donors (Lipinski definition) is 0. The van der Waals surface area contributed by atoms with E-state index in [4.69, 9.17) is 19.9 Å². The summed E-state index contributed by atoms with van der Waals surface area (Å²) in [7, 11) is 0. The molecule has 0 aliphatic rings. The highest BCUT2D eigenvalue weighted by Crippen LogP contribution is 2.45. The summed E-state index contributed by atoms with van der Waals surface area (Å²) in [5, 5.41) is 42.9. The van der Waals surface area contributed by atoms with Crippen molar-refractivity contribution < 1.29 is 0 Å². The fraction of sp³-hybridized carbons (Fsp3) is 0. The molecule has 406 valence electrons. The topological polar surface area (TPSA) is 157 Å². The zero-order valence-corrected chi connectivity index (χ0v) is 46.9. The number of benzene rings is 11. The number of fused-ring (bicyclic) bond motifs is 6. The van der Waals surface area contributed by atoms with Crippen molar-refractivity contribution >= 4 is 43.6 Å². The Morgan fingerprint density at radius 3 is 0.920 bits per heavy atom. The van der Waals surface area contributed by atoms with Crippen molar-refractivity contribution in [1.82, 2.24) is 29.1 Å². The summed E-state index contributed by atoms with van der Waals surface area (Å²) in [5.74, 6) is 1.59. The lowest BCUT2D eigenvalue weighted by Gasteiger charge is -2.19. The van der Waals surface area contributed by atoms with E-state index < -0.39 is 0 Å². The van der Waals surface area contributed by atoms with Crippen LogP contribution in [0.4, 0.5) is 0 Å². The van der Waals surface area contributed by atoms with E-state index in [1.807, 2.05) is 170 Å². The number of rotatable bonds is 10. The van der Waals surface area contributed by atoms with E-state index >= 15 is 0 Å². The first-order chi connectivity index (χ1) is 43.4. The summed E-state index contributed by atoms with van der Waals surface area (Å²) in [6, 6.07) is 94.5. The number of pyridine rings is 1. The highest BCUT2D eigenvalue weighted by atomic mass is 15.0. The first-order valence-electron chi connectivity index (χ1n) is 28.6. The SMILES string of the molecule is N#Cc1ccc(-c2ccc3c(c2)c2cc(-c4ccc(C#N)cc4)ccc2n3-c2cnccc2-c2ccc(-c3nc(-c4ccccc4)nc(-c4ccccc4)n3)cc2-n2c3ccc(-c4ccc(C#N)cc4)cc3c3cc(-c4ccc(C#N)cc4)ccc32)cc1. The summed E-state index contributed by atoms with van der Waals surface area (Å²) in [5.41, 5.74) is 20.1. The standard InChI is InChI=1S/C78H44N10/c79-44-49-11-19-53(20-12-49)59-28-33-70-66(39-59)67-40-60(54-21-13-50(45-80)14-22-54)29-34-71(67)87(70)74-43-63(78-85-76(57-7-3-1-4-8-57)84-77(86-78)58-9-5-2-6-10-58)27-32-64(74)65-37-38-83-48-75(65)88-72-35-30-61(55-23-15-51(46-81)16-24-55)41-68(72)69-42-62(31-36-73(69)88)56-25-17-52(47-82)18-26-56/h1-43,48H. The molecule has 15 rings (SSSR count). The Labute approximate surface area is 505 Å². The Kier molecular flexibility index (Phi) is 12.8. The molecule has 0 radical (unpaired) electrons. The second-order valence-corrected chi connectivity index (χ2v) is 21.5. The highest BCUT2D eigenvalue weighted by Gasteiger charge is 2.24. The van der Waals surface area contributed by atoms with Gasteiger partial charge in [0.05, 0.1) is 86.2 Å². The molecule has 4 aromatic heterocycles. The van der Waals surface area contributed by atoms with E-state index in [1.165, 1.54) is 0 Å². The second kappa shape index (κ2) is 21.7. The van der Waals surface area contributed by atoms with Crippen molar-refractivity contribution in [2.24, 2.45) is 0 Å². The van der Waals surface area contributed by atoms with Crippen LogP contribution in [0, 0.1) is 45.3 Å². The molecule has 0 aliphatic heterocycles. The fourth-order valence-corrected chi connectivity index (χ4v) is 12.0. The van der Waals surface area contributed by atoms with Crippen LogP contribution in [0.1, 0.15) is 22.3 Å². The Balaban J connectivity index is 1.01. The van der Waals surface area contributed by atoms with Crippen molar-refractivity contribution in [1.29, 1.82) is 21.0 Å². The monoisotopic (exact) mass is 1120 g/mol. The Morgan fingerprint density at radius 1 is 0.261 bits per heavy atom. The van der Waals surface area contributed by atoms with Crippen LogP contribution in [0.5, 0.6) is 0 Å². The zero-order chi connectivity index (χ0) is 59.2. The van der Waals surface area contributed by atoms with Crippen LogP contribution in [0.2, 0.25) is 0 Å². The molecule has 88 heavy (non-hydrogen) atoms. The molecule has 0 spiro atoms. The lowest BCUT2D eigenvalue weighted by Crippen LogP contribution is -2.04. The molecular formula is C78H44N10. The first-order valence-corrected chi connectivity index (χ1v) is 28.6. The van der Waals surface area contributed by atoms with Crippen LogP contribution < -0.4 is 0 Å². The lowest BCUT2D eigenvalue weighted by molar-refractivity contribution is 1.07. The number of hydrogen-bond acceptors (Lipinski definition) is 8. The Bertz CT molecular complexity index is 5160. The predicted octanol–water partition coefficient (Wildman–Crippen LogP) is 18.3. The van der Waals surface area contributed by atoms with Gasteiger partial charge in [0.15, 0.2) is 17.5 Å². The minimum Gasteiger partial charge on any atom is -0.309 e. The van der Waals surface area contributed by atoms with Crippen LogP contribution >= 0.6 is 0 Å². The van der Waals surface area contributed by atoms with Crippen molar-refractivity contribution in [3.8, 4) is 125 Å². The third kappa shape index (κ3) is 9.22. The van der Waals surface area contributed by atoms with Gasteiger partial charge in [-0.2, -0.15) is 21.0 Å². The fourth-order valence-electron chi connectivity index (χ4n) is 12.0. The molecule has 11 aromatic carbocycles. The highest BCUT2D eigenvalue weighted by molar-refractivity contribution is 6.14. The van der Waals surface area contributed by atoms with Crippen molar-refractivity contribution in [2.75, 3.05) is 0 Å². The largest absolute Gasteiger partial charge is 0.309 e. The van der Waals surface area contributed by atoms with Gasteiger partial charge in [0.2, 0.25) is 0 Å². The van der Waals surface area contributed by atoms with Gasteiger partial charge in [-0.25, -0.2) is 15.0 Å². The molecule has 0 atom stereocenters. The van der Waals surface area contributed by atoms with Gasteiger partial charge in [-0.1, -0.05) is 146 Å². The molecule has 0 N–H and O–H groups in total. The normalized spacial score (nSPS) is 11.1. The average molecular weight is 1120 g/mol. The maximum Gasteiger partial charge on any atom is 0.164 e. The van der Waals surface area contributed by atoms with Gasteiger partial charge in [-0.3, -0.25) is 4.98 Å². The second-order valence-electron chi connectivity index (χ2n) is 21.5. The van der Waals surface area contributed by atoms with Crippen molar-refractivity contribution in [3.63, 3.8) is 0 Å². The average Bonchev–Trinajstić information content (AvgIpc) is 1.62. The molecule has 0 amide bonds. The van der Waals surface area contributed by atoms with Crippen molar-refractivity contribution in [2.45, 2.75) is 0 Å². The summed E-state index contributed by atoms with van der Waals surface area (Å²) in [4.78, 5) is 20.5. The van der Waals surface area contributed by atoms with E-state index in [-0.39, 0.29) is 0 Å². The van der Waals surface area contributed by atoms with Crippen LogP contribution in [0.3, 0.4) is 0 Å². The van der Waals surface area contributed by atoms with Gasteiger partial charge in [0.25, 0.3) is 0 Å². The predicted molar refractivity (Wildman–Crippen MR) is 349 cm³/mol. The van der Waals surface area contributed by atoms with E-state index in [0.29, 0.717) is 39.7 Å². The molecule has 0 bridgehead atoms. The van der Waals surface area contributed by atoms with E-state index in [9.17, 15) is 21.0 Å². The smallest absolute Gasteiger partial charge is 0.164 e. The molecule has 0 unspecified atom stereocenters. The molecular weight excluding hydrogens is 1080 g/mol. The number of nitrogens with zero attached hydrogens (tertiary/aromatic N) is 10.